The van der Waals surface area contributed by atoms with Crippen molar-refractivity contribution in [3.05, 3.63) is 47.7 Å². The number of ether oxygens (including phenoxy) is 1. The molecule has 218 valence electrons. The van der Waals surface area contributed by atoms with Gasteiger partial charge in [0.05, 0.1) is 17.0 Å². The first-order valence-electron chi connectivity index (χ1n) is 14.2. The van der Waals surface area contributed by atoms with Crippen molar-refractivity contribution in [1.29, 1.82) is 0 Å². The van der Waals surface area contributed by atoms with Gasteiger partial charge in [0.25, 0.3) is 0 Å². The number of nitrogens with zero attached hydrogens (tertiary/aromatic N) is 6. The van der Waals surface area contributed by atoms with Crippen LogP contribution in [0.2, 0.25) is 0 Å². The van der Waals surface area contributed by atoms with Crippen molar-refractivity contribution >= 4 is 18.4 Å². The van der Waals surface area contributed by atoms with E-state index in [1.54, 1.807) is 30.2 Å². The summed E-state index contributed by atoms with van der Waals surface area (Å²) in [6.07, 6.45) is 7.11. The summed E-state index contributed by atoms with van der Waals surface area (Å²) in [5, 5.41) is 7.13. The van der Waals surface area contributed by atoms with Crippen molar-refractivity contribution in [2.45, 2.75) is 65.1 Å². The number of carbonyl (C=O) groups excluding carboxylic acids is 1. The Bertz CT molecular complexity index is 1220. The van der Waals surface area contributed by atoms with Gasteiger partial charge in [-0.2, -0.15) is 5.10 Å². The van der Waals surface area contributed by atoms with Crippen molar-refractivity contribution in [2.24, 2.45) is 5.10 Å². The molecule has 0 aliphatic carbocycles. The van der Waals surface area contributed by atoms with Crippen molar-refractivity contribution in [1.82, 2.24) is 29.7 Å². The number of aromatic nitrogens is 2. The number of rotatable bonds is 8. The number of pyridine rings is 1. The number of methoxy groups -OCH3 is 1. The van der Waals surface area contributed by atoms with Crippen molar-refractivity contribution < 1.29 is 13.9 Å². The molecule has 9 nitrogen and oxygen atoms in total. The van der Waals surface area contributed by atoms with Crippen LogP contribution in [0.5, 0.6) is 0 Å². The lowest BCUT2D eigenvalue weighted by atomic mass is 9.84. The predicted molar refractivity (Wildman–Crippen MR) is 158 cm³/mol. The summed E-state index contributed by atoms with van der Waals surface area (Å²) >= 11 is 0. The van der Waals surface area contributed by atoms with Gasteiger partial charge in [0.1, 0.15) is 11.5 Å². The van der Waals surface area contributed by atoms with E-state index < -0.39 is 5.60 Å². The first kappa shape index (κ1) is 29.7. The Hall–Kier alpha value is -3.24. The van der Waals surface area contributed by atoms with Crippen LogP contribution in [0.4, 0.5) is 9.18 Å². The Morgan fingerprint density at radius 3 is 2.30 bits per heavy atom. The molecule has 0 radical (unpaired) electrons. The number of nitrogens with one attached hydrogen (secondary N) is 1. The number of urea groups is 1. The Labute approximate surface area is 237 Å². The highest BCUT2D eigenvalue weighted by molar-refractivity contribution is 5.75. The Morgan fingerprint density at radius 1 is 1.12 bits per heavy atom. The van der Waals surface area contributed by atoms with Crippen LogP contribution < -0.4 is 5.32 Å². The van der Waals surface area contributed by atoms with E-state index >= 15 is 4.39 Å². The molecule has 4 rings (SSSR count). The summed E-state index contributed by atoms with van der Waals surface area (Å²) in [5.74, 6) is -0.389. The molecule has 0 unspecified atom stereocenters. The Kier molecular flexibility index (Phi) is 9.30. The van der Waals surface area contributed by atoms with E-state index in [-0.39, 0.29) is 23.6 Å². The summed E-state index contributed by atoms with van der Waals surface area (Å²) < 4.78 is 23.3. The maximum atomic E-state index is 15.6. The van der Waals surface area contributed by atoms with E-state index in [1.807, 2.05) is 37.8 Å². The summed E-state index contributed by atoms with van der Waals surface area (Å²) in [4.78, 5) is 23.5. The average Bonchev–Trinajstić information content (AvgIpc) is 3.37. The van der Waals surface area contributed by atoms with Gasteiger partial charge in [0.15, 0.2) is 0 Å². The number of hydrogen-bond acceptors (Lipinski definition) is 6. The number of piperazine rings is 1. The highest BCUT2D eigenvalue weighted by atomic mass is 19.1. The zero-order valence-corrected chi connectivity index (χ0v) is 24.8. The molecule has 2 saturated heterocycles. The molecule has 0 bridgehead atoms. The number of likely N-dealkylation sites (tertiary alicyclic amines) is 1. The fourth-order valence-electron chi connectivity index (χ4n) is 5.78. The van der Waals surface area contributed by atoms with Crippen LogP contribution in [0.1, 0.15) is 58.7 Å². The smallest absolute Gasteiger partial charge is 0.317 e. The van der Waals surface area contributed by atoms with Crippen LogP contribution in [-0.4, -0.2) is 95.6 Å². The Balaban J connectivity index is 1.54. The summed E-state index contributed by atoms with van der Waals surface area (Å²) in [6.45, 7) is 18.4. The summed E-state index contributed by atoms with van der Waals surface area (Å²) in [7, 11) is 1.70. The second-order valence-electron chi connectivity index (χ2n) is 11.2. The van der Waals surface area contributed by atoms with Crippen molar-refractivity contribution in [2.75, 3.05) is 46.4 Å². The molecular formula is C30H44FN7O2. The quantitative estimate of drug-likeness (QED) is 0.484. The molecule has 2 amide bonds. The minimum atomic E-state index is -0.538. The second-order valence-corrected chi connectivity index (χ2v) is 11.2. The number of hydrogen-bond donors (Lipinski definition) is 1. The third kappa shape index (κ3) is 6.07. The average molecular weight is 554 g/mol. The number of piperidine rings is 1. The number of carbonyl (C=O) groups is 1. The number of allylic oxidation sites excluding steroid dienone is 1. The van der Waals surface area contributed by atoms with E-state index in [1.165, 1.54) is 0 Å². The topological polar surface area (TPSA) is 78.2 Å². The third-order valence-corrected chi connectivity index (χ3v) is 8.18. The maximum absolute atomic E-state index is 15.6. The van der Waals surface area contributed by atoms with E-state index in [9.17, 15) is 4.79 Å². The normalized spacial score (nSPS) is 18.5. The third-order valence-electron chi connectivity index (χ3n) is 8.18. The van der Waals surface area contributed by atoms with Crippen LogP contribution in [0.3, 0.4) is 0 Å². The predicted octanol–water partition coefficient (Wildman–Crippen LogP) is 4.60. The molecule has 4 heterocycles. The molecule has 0 atom stereocenters. The van der Waals surface area contributed by atoms with Crippen molar-refractivity contribution in [3.8, 4) is 11.3 Å². The molecule has 0 aromatic carbocycles. The lowest BCUT2D eigenvalue weighted by Crippen LogP contribution is -2.52. The molecule has 0 saturated carbocycles. The lowest BCUT2D eigenvalue weighted by molar-refractivity contribution is -0.0673. The molecule has 2 aliphatic heterocycles. The van der Waals surface area contributed by atoms with Crippen LogP contribution in [0, 0.1) is 5.82 Å². The van der Waals surface area contributed by atoms with Crippen molar-refractivity contribution in [3.63, 3.8) is 0 Å². The van der Waals surface area contributed by atoms with Gasteiger partial charge >= 0.3 is 6.03 Å². The van der Waals surface area contributed by atoms with Crippen LogP contribution >= 0.6 is 0 Å². The molecule has 2 fully saturated rings. The van der Waals surface area contributed by atoms with Crippen LogP contribution in [-0.2, 0) is 10.3 Å². The molecule has 40 heavy (non-hydrogen) atoms. The molecule has 1 N–H and O–H groups in total. The largest absolute Gasteiger partial charge is 0.373 e. The molecule has 10 heteroatoms. The van der Waals surface area contributed by atoms with Gasteiger partial charge in [-0.15, -0.1) is 0 Å². The first-order chi connectivity index (χ1) is 19.1. The minimum absolute atomic E-state index is 0.0409. The molecule has 0 spiro atoms. The number of halogens is 1. The first-order valence-corrected chi connectivity index (χ1v) is 14.2. The maximum Gasteiger partial charge on any atom is 0.317 e. The van der Waals surface area contributed by atoms with E-state index in [2.05, 4.69) is 45.8 Å². The van der Waals surface area contributed by atoms with Gasteiger partial charge in [-0.05, 0) is 59.6 Å². The molecule has 2 aromatic heterocycles. The van der Waals surface area contributed by atoms with Gasteiger partial charge in [-0.1, -0.05) is 6.08 Å². The summed E-state index contributed by atoms with van der Waals surface area (Å²) in [5.41, 5.74) is 2.88. The summed E-state index contributed by atoms with van der Waals surface area (Å²) in [6, 6.07) is 4.01. The van der Waals surface area contributed by atoms with Gasteiger partial charge in [0, 0.05) is 88.7 Å². The van der Waals surface area contributed by atoms with Gasteiger partial charge in [-0.25, -0.2) is 13.9 Å². The molecule has 2 aliphatic rings. The van der Waals surface area contributed by atoms with Crippen LogP contribution in [0.15, 0.2) is 35.7 Å². The SMILES string of the molecule is C=Nn1cc(-c2ncc(C3(OC)CCN(C(C)C)CC3)cc2F)cc1/C(=C\C)N1CCN(C(=O)NC(C)C)CC1. The molecule has 2 aromatic rings. The highest BCUT2D eigenvalue weighted by Crippen LogP contribution is 2.38. The van der Waals surface area contributed by atoms with E-state index in [4.69, 9.17) is 4.74 Å². The monoisotopic (exact) mass is 553 g/mol. The zero-order chi connectivity index (χ0) is 29.0. The zero-order valence-electron chi connectivity index (χ0n) is 24.8. The van der Waals surface area contributed by atoms with Gasteiger partial charge in [0.2, 0.25) is 0 Å². The number of amides is 2. The van der Waals surface area contributed by atoms with E-state index in [0.29, 0.717) is 37.8 Å². The molecular weight excluding hydrogens is 509 g/mol. The second kappa shape index (κ2) is 12.5. The highest BCUT2D eigenvalue weighted by Gasteiger charge is 2.38. The van der Waals surface area contributed by atoms with E-state index in [0.717, 1.165) is 42.9 Å². The van der Waals surface area contributed by atoms with Crippen LogP contribution in [0.25, 0.3) is 17.0 Å². The van der Waals surface area contributed by atoms with Gasteiger partial charge < -0.3 is 24.8 Å². The fourth-order valence-corrected chi connectivity index (χ4v) is 5.78. The lowest BCUT2D eigenvalue weighted by Gasteiger charge is -2.42. The minimum Gasteiger partial charge on any atom is -0.373 e. The standard InChI is InChI=1S/C30H44FN7O2/c1-8-26(36-13-15-37(16-14-36)29(39)34-21(2)3)27-17-23(20-38(27)32-6)28-25(31)18-24(19-33-28)30(40-7)9-11-35(12-10-30)22(4)5/h8,17-22H,6,9-16H2,1-5,7H3,(H,34,39)/b26-8+. The van der Waals surface area contributed by atoms with Gasteiger partial charge in [-0.3, -0.25) is 4.98 Å². The fraction of sp³-hybridized carbons (Fsp3) is 0.567. The Morgan fingerprint density at radius 2 is 1.77 bits per heavy atom.